The summed E-state index contributed by atoms with van der Waals surface area (Å²) in [5.41, 5.74) is 15.4. The molecule has 0 N–H and O–H groups in total. The Morgan fingerprint density at radius 2 is 0.891 bits per heavy atom. The zero-order valence-corrected chi connectivity index (χ0v) is 29.9. The van der Waals surface area contributed by atoms with Crippen LogP contribution in [0.5, 0.6) is 0 Å². The summed E-state index contributed by atoms with van der Waals surface area (Å²) in [6.07, 6.45) is 0. The van der Waals surface area contributed by atoms with Crippen molar-refractivity contribution in [1.29, 1.82) is 0 Å². The number of aromatic nitrogens is 2. The molecule has 10 aromatic rings. The van der Waals surface area contributed by atoms with Crippen molar-refractivity contribution in [3.63, 3.8) is 0 Å². The second kappa shape index (κ2) is 13.9. The van der Waals surface area contributed by atoms with Gasteiger partial charge in [-0.25, -0.2) is 9.97 Å². The number of fused-ring (bicyclic) bond motifs is 2. The van der Waals surface area contributed by atoms with Crippen LogP contribution in [-0.4, -0.2) is 9.97 Å². The molecule has 0 fully saturated rings. The average Bonchev–Trinajstić information content (AvgIpc) is 3.72. The molecule has 0 aliphatic rings. The van der Waals surface area contributed by atoms with Gasteiger partial charge in [-0.1, -0.05) is 170 Å². The van der Waals surface area contributed by atoms with E-state index in [1.165, 1.54) is 10.8 Å². The fourth-order valence-corrected chi connectivity index (χ4v) is 7.63. The molecule has 3 heteroatoms. The van der Waals surface area contributed by atoms with Crippen molar-refractivity contribution in [2.45, 2.75) is 0 Å². The standard InChI is InChI=1S/C52H34N2O/c1-4-15-35(16-5-1)39-22-12-25-42(31-39)52-54-51-46(27-14-28-49(51)55-52)45-30-29-37-19-10-11-26-44(37)50(45)41-24-13-23-40(32-41)48-34-43(36-17-6-2-7-18-36)33-47(53-48)38-20-8-3-9-21-38/h1-34H. The van der Waals surface area contributed by atoms with E-state index in [1.807, 2.05) is 18.2 Å². The van der Waals surface area contributed by atoms with Gasteiger partial charge in [0, 0.05) is 22.3 Å². The highest BCUT2D eigenvalue weighted by Crippen LogP contribution is 2.43. The van der Waals surface area contributed by atoms with E-state index in [4.69, 9.17) is 14.4 Å². The minimum absolute atomic E-state index is 0.600. The maximum absolute atomic E-state index is 6.49. The summed E-state index contributed by atoms with van der Waals surface area (Å²) in [6, 6.07) is 72.2. The number of pyridine rings is 1. The van der Waals surface area contributed by atoms with Gasteiger partial charge >= 0.3 is 0 Å². The molecule has 0 spiro atoms. The van der Waals surface area contributed by atoms with E-state index >= 15 is 0 Å². The van der Waals surface area contributed by atoms with E-state index in [9.17, 15) is 0 Å². The summed E-state index contributed by atoms with van der Waals surface area (Å²) in [5, 5.41) is 2.34. The average molecular weight is 703 g/mol. The van der Waals surface area contributed by atoms with Crippen molar-refractivity contribution < 1.29 is 4.42 Å². The number of rotatable bonds is 7. The van der Waals surface area contributed by atoms with Gasteiger partial charge in [0.1, 0.15) is 5.52 Å². The minimum Gasteiger partial charge on any atom is -0.436 e. The molecule has 55 heavy (non-hydrogen) atoms. The summed E-state index contributed by atoms with van der Waals surface area (Å²) < 4.78 is 6.49. The molecule has 10 rings (SSSR count). The van der Waals surface area contributed by atoms with E-state index in [0.717, 1.165) is 83.7 Å². The predicted molar refractivity (Wildman–Crippen MR) is 227 cm³/mol. The van der Waals surface area contributed by atoms with E-state index in [2.05, 4.69) is 188 Å². The van der Waals surface area contributed by atoms with E-state index in [0.29, 0.717) is 5.89 Å². The monoisotopic (exact) mass is 702 g/mol. The van der Waals surface area contributed by atoms with Crippen LogP contribution < -0.4 is 0 Å². The first kappa shape index (κ1) is 32.3. The number of hydrogen-bond donors (Lipinski definition) is 0. The molecule has 3 nitrogen and oxygen atoms in total. The lowest BCUT2D eigenvalue weighted by Gasteiger charge is -2.16. The Bertz CT molecular complexity index is 2910. The molecule has 0 bridgehead atoms. The number of benzene rings is 8. The van der Waals surface area contributed by atoms with Crippen LogP contribution in [0, 0.1) is 0 Å². The zero-order chi connectivity index (χ0) is 36.6. The summed E-state index contributed by atoms with van der Waals surface area (Å²) >= 11 is 0. The lowest BCUT2D eigenvalue weighted by atomic mass is 9.88. The lowest BCUT2D eigenvalue weighted by Crippen LogP contribution is -1.93. The highest BCUT2D eigenvalue weighted by atomic mass is 16.3. The molecule has 0 unspecified atom stereocenters. The molecule has 0 radical (unpaired) electrons. The fourth-order valence-electron chi connectivity index (χ4n) is 7.63. The molecule has 0 atom stereocenters. The summed E-state index contributed by atoms with van der Waals surface area (Å²) in [7, 11) is 0. The largest absolute Gasteiger partial charge is 0.436 e. The maximum atomic E-state index is 6.49. The van der Waals surface area contributed by atoms with E-state index < -0.39 is 0 Å². The van der Waals surface area contributed by atoms with Gasteiger partial charge < -0.3 is 4.42 Å². The Morgan fingerprint density at radius 3 is 1.65 bits per heavy atom. The number of para-hydroxylation sites is 1. The molecule has 8 aromatic carbocycles. The first-order chi connectivity index (χ1) is 27.2. The topological polar surface area (TPSA) is 38.9 Å². The van der Waals surface area contributed by atoms with Crippen molar-refractivity contribution >= 4 is 21.9 Å². The first-order valence-electron chi connectivity index (χ1n) is 18.6. The predicted octanol–water partition coefficient (Wildman–Crippen LogP) is 14.0. The molecule has 0 saturated heterocycles. The van der Waals surface area contributed by atoms with Gasteiger partial charge in [0.05, 0.1) is 11.4 Å². The fraction of sp³-hybridized carbons (Fsp3) is 0. The van der Waals surface area contributed by atoms with Crippen LogP contribution in [0.4, 0.5) is 0 Å². The smallest absolute Gasteiger partial charge is 0.227 e. The van der Waals surface area contributed by atoms with Crippen molar-refractivity contribution in [3.05, 3.63) is 206 Å². The highest BCUT2D eigenvalue weighted by Gasteiger charge is 2.19. The van der Waals surface area contributed by atoms with Crippen LogP contribution in [0.15, 0.2) is 211 Å². The summed E-state index contributed by atoms with van der Waals surface area (Å²) in [6.45, 7) is 0. The molecule has 258 valence electrons. The minimum atomic E-state index is 0.600. The van der Waals surface area contributed by atoms with Gasteiger partial charge in [0.25, 0.3) is 0 Å². The zero-order valence-electron chi connectivity index (χ0n) is 29.9. The van der Waals surface area contributed by atoms with Crippen LogP contribution in [-0.2, 0) is 0 Å². The normalized spacial score (nSPS) is 11.3. The Labute approximate surface area is 319 Å². The molecule has 0 amide bonds. The second-order valence-electron chi connectivity index (χ2n) is 13.8. The second-order valence-corrected chi connectivity index (χ2v) is 13.8. The van der Waals surface area contributed by atoms with Gasteiger partial charge in [0.15, 0.2) is 5.58 Å². The van der Waals surface area contributed by atoms with Gasteiger partial charge in [-0.3, -0.25) is 0 Å². The third kappa shape index (κ3) is 6.18. The summed E-state index contributed by atoms with van der Waals surface area (Å²) in [5.74, 6) is 0.600. The SMILES string of the molecule is c1ccc(-c2cccc(-c3nc4c(-c5ccc6ccccc6c5-c5cccc(-c6cc(-c7ccccc7)cc(-c7ccccc7)n6)c5)cccc4o3)c2)cc1. The third-order valence-electron chi connectivity index (χ3n) is 10.3. The number of oxazole rings is 1. The van der Waals surface area contributed by atoms with Crippen LogP contribution >= 0.6 is 0 Å². The van der Waals surface area contributed by atoms with Gasteiger partial charge in [0.2, 0.25) is 5.89 Å². The van der Waals surface area contributed by atoms with Crippen molar-refractivity contribution in [1.82, 2.24) is 9.97 Å². The van der Waals surface area contributed by atoms with Crippen LogP contribution in [0.25, 0.3) is 100 Å². The van der Waals surface area contributed by atoms with E-state index in [1.54, 1.807) is 0 Å². The molecular weight excluding hydrogens is 669 g/mol. The Kier molecular flexibility index (Phi) is 8.16. The van der Waals surface area contributed by atoms with Crippen LogP contribution in [0.3, 0.4) is 0 Å². The van der Waals surface area contributed by atoms with Crippen LogP contribution in [0.2, 0.25) is 0 Å². The number of hydrogen-bond acceptors (Lipinski definition) is 3. The molecule has 2 aromatic heterocycles. The quantitative estimate of drug-likeness (QED) is 0.166. The highest BCUT2D eigenvalue weighted by molar-refractivity contribution is 6.08. The molecule has 0 saturated carbocycles. The molecule has 2 heterocycles. The summed E-state index contributed by atoms with van der Waals surface area (Å²) in [4.78, 5) is 10.4. The van der Waals surface area contributed by atoms with Gasteiger partial charge in [-0.2, -0.15) is 0 Å². The Morgan fingerprint density at radius 1 is 0.327 bits per heavy atom. The maximum Gasteiger partial charge on any atom is 0.227 e. The Balaban J connectivity index is 1.13. The lowest BCUT2D eigenvalue weighted by molar-refractivity contribution is 0.620. The van der Waals surface area contributed by atoms with E-state index in [-0.39, 0.29) is 0 Å². The first-order valence-corrected chi connectivity index (χ1v) is 18.6. The Hall–Kier alpha value is -7.36. The molecular formula is C52H34N2O. The third-order valence-corrected chi connectivity index (χ3v) is 10.3. The van der Waals surface area contributed by atoms with Crippen LogP contribution in [0.1, 0.15) is 0 Å². The number of nitrogens with zero attached hydrogens (tertiary/aromatic N) is 2. The van der Waals surface area contributed by atoms with Crippen molar-refractivity contribution in [2.24, 2.45) is 0 Å². The van der Waals surface area contributed by atoms with Crippen molar-refractivity contribution in [2.75, 3.05) is 0 Å². The van der Waals surface area contributed by atoms with Crippen molar-refractivity contribution in [3.8, 4) is 78.5 Å². The van der Waals surface area contributed by atoms with Gasteiger partial charge in [-0.05, 0) is 86.1 Å². The molecule has 0 aliphatic heterocycles. The van der Waals surface area contributed by atoms with Gasteiger partial charge in [-0.15, -0.1) is 0 Å². The molecule has 0 aliphatic carbocycles.